The monoisotopic (exact) mass is 256 g/mol. The molecule has 0 radical (unpaired) electrons. The molecule has 0 aliphatic carbocycles. The van der Waals surface area contributed by atoms with Gasteiger partial charge in [0.1, 0.15) is 0 Å². The Hall–Kier alpha value is -1.14. The van der Waals surface area contributed by atoms with Crippen LogP contribution in [0.5, 0.6) is 0 Å². The maximum Gasteiger partial charge on any atom is 0.308 e. The van der Waals surface area contributed by atoms with Gasteiger partial charge >= 0.3 is 5.97 Å². The van der Waals surface area contributed by atoms with Crippen LogP contribution in [0.25, 0.3) is 0 Å². The molecular formula is C12H20N2O4. The fraction of sp³-hybridized carbons (Fsp3) is 0.833. The summed E-state index contributed by atoms with van der Waals surface area (Å²) in [6.45, 7) is 3.02. The Balaban J connectivity index is 1.96. The van der Waals surface area contributed by atoms with E-state index < -0.39 is 11.9 Å². The van der Waals surface area contributed by atoms with Crippen molar-refractivity contribution >= 4 is 11.9 Å². The van der Waals surface area contributed by atoms with Gasteiger partial charge in [0.15, 0.2) is 0 Å². The van der Waals surface area contributed by atoms with Crippen molar-refractivity contribution in [2.45, 2.75) is 38.0 Å². The van der Waals surface area contributed by atoms with Crippen molar-refractivity contribution in [3.63, 3.8) is 0 Å². The van der Waals surface area contributed by atoms with E-state index in [1.165, 1.54) is 0 Å². The molecule has 2 heterocycles. The SMILES string of the molecule is COC1CNC(C(=O)N2CCC(C(=O)O)C2C)C1. The molecule has 0 spiro atoms. The van der Waals surface area contributed by atoms with Gasteiger partial charge in [-0.3, -0.25) is 9.59 Å². The lowest BCUT2D eigenvalue weighted by Crippen LogP contribution is -2.46. The molecular weight excluding hydrogens is 236 g/mol. The predicted molar refractivity (Wildman–Crippen MR) is 64.1 cm³/mol. The molecule has 0 saturated carbocycles. The lowest BCUT2D eigenvalue weighted by molar-refractivity contribution is -0.143. The Bertz CT molecular complexity index is 347. The predicted octanol–water partition coefficient (Wildman–Crippen LogP) is -0.315. The van der Waals surface area contributed by atoms with Crippen molar-refractivity contribution in [2.75, 3.05) is 20.2 Å². The molecule has 2 N–H and O–H groups in total. The summed E-state index contributed by atoms with van der Waals surface area (Å²) < 4.78 is 5.21. The third kappa shape index (κ3) is 2.35. The number of carboxylic acid groups (broad SMARTS) is 1. The van der Waals surface area contributed by atoms with Crippen LogP contribution in [0.4, 0.5) is 0 Å². The van der Waals surface area contributed by atoms with Crippen LogP contribution in [0.2, 0.25) is 0 Å². The Morgan fingerprint density at radius 2 is 2.17 bits per heavy atom. The van der Waals surface area contributed by atoms with Gasteiger partial charge in [0.05, 0.1) is 18.1 Å². The molecule has 2 fully saturated rings. The van der Waals surface area contributed by atoms with Gasteiger partial charge in [-0.1, -0.05) is 0 Å². The van der Waals surface area contributed by atoms with Crippen LogP contribution in [-0.4, -0.2) is 60.3 Å². The van der Waals surface area contributed by atoms with Gasteiger partial charge in [0, 0.05) is 26.2 Å². The van der Waals surface area contributed by atoms with E-state index in [9.17, 15) is 9.59 Å². The molecule has 0 bridgehead atoms. The average Bonchev–Trinajstić information content (AvgIpc) is 2.94. The lowest BCUT2D eigenvalue weighted by atomic mass is 10.0. The Morgan fingerprint density at radius 3 is 2.67 bits per heavy atom. The molecule has 4 atom stereocenters. The number of methoxy groups -OCH3 is 1. The van der Waals surface area contributed by atoms with Gasteiger partial charge in [-0.2, -0.15) is 0 Å². The summed E-state index contributed by atoms with van der Waals surface area (Å²) in [7, 11) is 1.64. The number of nitrogens with zero attached hydrogens (tertiary/aromatic N) is 1. The zero-order valence-corrected chi connectivity index (χ0v) is 10.8. The minimum Gasteiger partial charge on any atom is -0.481 e. The quantitative estimate of drug-likeness (QED) is 0.724. The highest BCUT2D eigenvalue weighted by molar-refractivity contribution is 5.84. The third-order valence-electron chi connectivity index (χ3n) is 4.08. The number of carbonyl (C=O) groups is 2. The molecule has 18 heavy (non-hydrogen) atoms. The minimum absolute atomic E-state index is 0.00537. The zero-order valence-electron chi connectivity index (χ0n) is 10.8. The Kier molecular flexibility index (Phi) is 3.87. The van der Waals surface area contributed by atoms with E-state index in [0.29, 0.717) is 25.9 Å². The molecule has 2 aliphatic rings. The molecule has 2 aliphatic heterocycles. The summed E-state index contributed by atoms with van der Waals surface area (Å²) in [5, 5.41) is 12.2. The highest BCUT2D eigenvalue weighted by Gasteiger charge is 2.41. The number of ether oxygens (including phenoxy) is 1. The average molecular weight is 256 g/mol. The summed E-state index contributed by atoms with van der Waals surface area (Å²) in [6.07, 6.45) is 1.28. The molecule has 1 amide bonds. The smallest absolute Gasteiger partial charge is 0.308 e. The first kappa shape index (κ1) is 13.3. The summed E-state index contributed by atoms with van der Waals surface area (Å²) in [5.74, 6) is -1.24. The van der Waals surface area contributed by atoms with Gasteiger partial charge < -0.3 is 20.1 Å². The van der Waals surface area contributed by atoms with Crippen LogP contribution < -0.4 is 5.32 Å². The van der Waals surface area contributed by atoms with Crippen molar-refractivity contribution < 1.29 is 19.4 Å². The van der Waals surface area contributed by atoms with Crippen LogP contribution in [0.3, 0.4) is 0 Å². The molecule has 0 aromatic heterocycles. The summed E-state index contributed by atoms with van der Waals surface area (Å²) in [6, 6.07) is -0.455. The molecule has 2 saturated heterocycles. The number of carbonyl (C=O) groups excluding carboxylic acids is 1. The van der Waals surface area contributed by atoms with E-state index in [4.69, 9.17) is 9.84 Å². The second-order valence-corrected chi connectivity index (χ2v) is 5.06. The minimum atomic E-state index is -0.813. The number of hydrogen-bond acceptors (Lipinski definition) is 4. The van der Waals surface area contributed by atoms with Gasteiger partial charge in [-0.05, 0) is 19.8 Å². The molecule has 102 valence electrons. The van der Waals surface area contributed by atoms with Crippen LogP contribution >= 0.6 is 0 Å². The Labute approximate surface area is 106 Å². The standard InChI is InChI=1S/C12H20N2O4/c1-7-9(12(16)17)3-4-14(7)11(15)10-5-8(18-2)6-13-10/h7-10,13H,3-6H2,1-2H3,(H,16,17). The second kappa shape index (κ2) is 5.24. The largest absolute Gasteiger partial charge is 0.481 e. The van der Waals surface area contributed by atoms with Crippen molar-refractivity contribution in [3.8, 4) is 0 Å². The summed E-state index contributed by atoms with van der Waals surface area (Å²) >= 11 is 0. The molecule has 6 nitrogen and oxygen atoms in total. The number of carboxylic acids is 1. The van der Waals surface area contributed by atoms with E-state index in [1.54, 1.807) is 12.0 Å². The fourth-order valence-corrected chi connectivity index (χ4v) is 2.85. The second-order valence-electron chi connectivity index (χ2n) is 5.06. The number of likely N-dealkylation sites (tertiary alicyclic amines) is 1. The fourth-order valence-electron chi connectivity index (χ4n) is 2.85. The highest BCUT2D eigenvalue weighted by Crippen LogP contribution is 2.26. The molecule has 2 rings (SSSR count). The molecule has 4 unspecified atom stereocenters. The maximum atomic E-state index is 12.3. The first-order valence-corrected chi connectivity index (χ1v) is 6.34. The molecule has 0 aromatic carbocycles. The highest BCUT2D eigenvalue weighted by atomic mass is 16.5. The summed E-state index contributed by atoms with van der Waals surface area (Å²) in [5.41, 5.74) is 0. The topological polar surface area (TPSA) is 78.9 Å². The Morgan fingerprint density at radius 1 is 1.44 bits per heavy atom. The first-order valence-electron chi connectivity index (χ1n) is 6.34. The first-order chi connectivity index (χ1) is 8.54. The number of hydrogen-bond donors (Lipinski definition) is 2. The zero-order chi connectivity index (χ0) is 13.3. The van der Waals surface area contributed by atoms with Crippen LogP contribution in [0.1, 0.15) is 19.8 Å². The van der Waals surface area contributed by atoms with Crippen LogP contribution in [0, 0.1) is 5.92 Å². The normalized spacial score (nSPS) is 36.0. The number of nitrogens with one attached hydrogen (secondary N) is 1. The van der Waals surface area contributed by atoms with Gasteiger partial charge in [0.25, 0.3) is 0 Å². The van der Waals surface area contributed by atoms with E-state index >= 15 is 0 Å². The number of amides is 1. The van der Waals surface area contributed by atoms with E-state index in [0.717, 1.165) is 0 Å². The van der Waals surface area contributed by atoms with Crippen molar-refractivity contribution in [3.05, 3.63) is 0 Å². The van der Waals surface area contributed by atoms with Gasteiger partial charge in [-0.25, -0.2) is 0 Å². The van der Waals surface area contributed by atoms with Crippen molar-refractivity contribution in [2.24, 2.45) is 5.92 Å². The van der Waals surface area contributed by atoms with Crippen molar-refractivity contribution in [1.82, 2.24) is 10.2 Å². The van der Waals surface area contributed by atoms with Gasteiger partial charge in [-0.15, -0.1) is 0 Å². The number of rotatable bonds is 3. The van der Waals surface area contributed by atoms with Crippen LogP contribution in [0.15, 0.2) is 0 Å². The van der Waals surface area contributed by atoms with E-state index in [1.807, 2.05) is 6.92 Å². The van der Waals surface area contributed by atoms with Gasteiger partial charge in [0.2, 0.25) is 5.91 Å². The van der Waals surface area contributed by atoms with E-state index in [-0.39, 0.29) is 24.1 Å². The van der Waals surface area contributed by atoms with Crippen molar-refractivity contribution in [1.29, 1.82) is 0 Å². The third-order valence-corrected chi connectivity index (χ3v) is 4.08. The molecule has 0 aromatic rings. The maximum absolute atomic E-state index is 12.3. The van der Waals surface area contributed by atoms with E-state index in [2.05, 4.69) is 5.32 Å². The lowest BCUT2D eigenvalue weighted by Gasteiger charge is -2.26. The summed E-state index contributed by atoms with van der Waals surface area (Å²) in [4.78, 5) is 25.0. The van der Waals surface area contributed by atoms with Crippen LogP contribution in [-0.2, 0) is 14.3 Å². The molecule has 6 heteroatoms. The number of aliphatic carboxylic acids is 1.